The smallest absolute Gasteiger partial charge is 0.166 e. The van der Waals surface area contributed by atoms with Gasteiger partial charge in [-0.2, -0.15) is 0 Å². The number of ketones is 1. The molecule has 3 atom stereocenters. The quantitative estimate of drug-likeness (QED) is 0.482. The Morgan fingerprint density at radius 2 is 1.38 bits per heavy atom. The van der Waals surface area contributed by atoms with Gasteiger partial charge in [-0.05, 0) is 22.1 Å². The maximum atomic E-state index is 13.2. The summed E-state index contributed by atoms with van der Waals surface area (Å²) in [5, 5.41) is 0.288. The molecule has 126 valence electrons. The third-order valence-corrected chi connectivity index (χ3v) is 12.6. The van der Waals surface area contributed by atoms with Crippen LogP contribution in [0, 0.1) is 5.92 Å². The van der Waals surface area contributed by atoms with E-state index in [-0.39, 0.29) is 11.0 Å². The van der Waals surface area contributed by atoms with E-state index in [0.29, 0.717) is 17.2 Å². The summed E-state index contributed by atoms with van der Waals surface area (Å²) in [4.78, 5) is 13.2. The molecule has 0 aliphatic heterocycles. The summed E-state index contributed by atoms with van der Waals surface area (Å²) in [7, 11) is -1.60. The van der Waals surface area contributed by atoms with Crippen LogP contribution in [0.15, 0.2) is 60.7 Å². The lowest BCUT2D eigenvalue weighted by atomic mass is 10.0. The maximum Gasteiger partial charge on any atom is 0.166 e. The molecule has 0 aromatic heterocycles. The number of hydrogen-bond donors (Lipinski definition) is 0. The molecule has 0 heterocycles. The zero-order chi connectivity index (χ0) is 17.5. The molecule has 1 aliphatic carbocycles. The van der Waals surface area contributed by atoms with Crippen LogP contribution >= 0.6 is 0 Å². The molecular weight excluding hydrogens is 308 g/mol. The van der Waals surface area contributed by atoms with Crippen molar-refractivity contribution in [2.45, 2.75) is 50.4 Å². The number of carbonyl (C=O) groups is 1. The minimum Gasteiger partial charge on any atom is -0.294 e. The lowest BCUT2D eigenvalue weighted by molar-refractivity contribution is 0.0965. The monoisotopic (exact) mass is 336 g/mol. The van der Waals surface area contributed by atoms with Gasteiger partial charge < -0.3 is 0 Å². The standard InChI is InChI=1S/C22H28OSi/c1-22(2,3)24(4,5)21-18(16-12-8-6-9-13-16)19(21)20(23)17-14-10-7-11-15-17/h6-15,18-19,21H,1-5H3/t18-,19+,21-/m1/s1. The van der Waals surface area contributed by atoms with Gasteiger partial charge >= 0.3 is 0 Å². The van der Waals surface area contributed by atoms with Crippen molar-refractivity contribution in [3.05, 3.63) is 71.8 Å². The molecule has 3 rings (SSSR count). The fourth-order valence-corrected chi connectivity index (χ4v) is 7.36. The molecule has 1 aliphatic rings. The predicted octanol–water partition coefficient (Wildman–Crippen LogP) is 6.16. The van der Waals surface area contributed by atoms with E-state index in [2.05, 4.69) is 64.2 Å². The van der Waals surface area contributed by atoms with Crippen molar-refractivity contribution in [2.24, 2.45) is 5.92 Å². The molecule has 2 aromatic carbocycles. The molecule has 0 N–H and O–H groups in total. The van der Waals surface area contributed by atoms with Gasteiger partial charge in [-0.1, -0.05) is 94.5 Å². The van der Waals surface area contributed by atoms with Gasteiger partial charge in [0.25, 0.3) is 0 Å². The number of carbonyl (C=O) groups excluding carboxylic acids is 1. The van der Waals surface area contributed by atoms with Gasteiger partial charge in [0.1, 0.15) is 0 Å². The first-order valence-electron chi connectivity index (χ1n) is 8.89. The van der Waals surface area contributed by atoms with E-state index in [1.165, 1.54) is 5.56 Å². The lowest BCUT2D eigenvalue weighted by Crippen LogP contribution is -2.39. The Balaban J connectivity index is 1.98. The van der Waals surface area contributed by atoms with Crippen molar-refractivity contribution in [1.29, 1.82) is 0 Å². The Labute approximate surface area is 147 Å². The Morgan fingerprint density at radius 3 is 1.88 bits per heavy atom. The molecule has 0 bridgehead atoms. The zero-order valence-electron chi connectivity index (χ0n) is 15.4. The molecule has 0 unspecified atom stereocenters. The van der Waals surface area contributed by atoms with E-state index in [1.807, 2.05) is 30.3 Å². The second-order valence-electron chi connectivity index (χ2n) is 8.69. The molecule has 2 aromatic rings. The average Bonchev–Trinajstić information content (AvgIpc) is 3.31. The van der Waals surface area contributed by atoms with E-state index in [1.54, 1.807) is 0 Å². The SMILES string of the molecule is CC(C)(C)[Si](C)(C)[C@H]1[C@H](C(=O)c2ccccc2)[C@H]1c1ccccc1. The fraction of sp³-hybridized carbons (Fsp3) is 0.409. The first-order valence-corrected chi connectivity index (χ1v) is 12.0. The molecule has 24 heavy (non-hydrogen) atoms. The van der Waals surface area contributed by atoms with Crippen molar-refractivity contribution in [2.75, 3.05) is 0 Å². The number of hydrogen-bond acceptors (Lipinski definition) is 1. The van der Waals surface area contributed by atoms with Crippen LogP contribution in [0.4, 0.5) is 0 Å². The molecule has 0 saturated heterocycles. The molecular formula is C22H28OSi. The van der Waals surface area contributed by atoms with E-state index < -0.39 is 8.07 Å². The molecule has 1 nitrogen and oxygen atoms in total. The highest BCUT2D eigenvalue weighted by molar-refractivity contribution is 6.83. The summed E-state index contributed by atoms with van der Waals surface area (Å²) < 4.78 is 0. The molecule has 2 heteroatoms. The first-order chi connectivity index (χ1) is 11.2. The van der Waals surface area contributed by atoms with Crippen molar-refractivity contribution < 1.29 is 4.79 Å². The Bertz CT molecular complexity index is 713. The predicted molar refractivity (Wildman–Crippen MR) is 104 cm³/mol. The van der Waals surface area contributed by atoms with Gasteiger partial charge in [-0.15, -0.1) is 0 Å². The number of Topliss-reactive ketones (excluding diaryl/α,β-unsaturated/α-hetero) is 1. The van der Waals surface area contributed by atoms with Gasteiger partial charge in [-0.25, -0.2) is 0 Å². The maximum absolute atomic E-state index is 13.2. The van der Waals surface area contributed by atoms with Crippen LogP contribution in [-0.2, 0) is 0 Å². The van der Waals surface area contributed by atoms with Gasteiger partial charge in [0.05, 0.1) is 8.07 Å². The molecule has 0 spiro atoms. The van der Waals surface area contributed by atoms with Crippen molar-refractivity contribution in [3.8, 4) is 0 Å². The fourth-order valence-electron chi connectivity index (χ4n) is 3.92. The number of rotatable bonds is 4. The Morgan fingerprint density at radius 1 is 0.875 bits per heavy atom. The Kier molecular flexibility index (Phi) is 4.29. The number of benzene rings is 2. The van der Waals surface area contributed by atoms with Gasteiger partial charge in [0.2, 0.25) is 0 Å². The molecule has 1 saturated carbocycles. The third-order valence-electron chi connectivity index (χ3n) is 6.33. The molecule has 0 radical (unpaired) electrons. The minimum atomic E-state index is -1.60. The van der Waals surface area contributed by atoms with Crippen molar-refractivity contribution in [3.63, 3.8) is 0 Å². The van der Waals surface area contributed by atoms with Gasteiger partial charge in [-0.3, -0.25) is 4.79 Å². The van der Waals surface area contributed by atoms with E-state index in [4.69, 9.17) is 0 Å². The summed E-state index contributed by atoms with van der Waals surface area (Å²) in [5.74, 6) is 0.870. The summed E-state index contributed by atoms with van der Waals surface area (Å²) in [6.45, 7) is 12.0. The second-order valence-corrected chi connectivity index (χ2v) is 14.3. The van der Waals surface area contributed by atoms with E-state index in [0.717, 1.165) is 5.56 Å². The van der Waals surface area contributed by atoms with Crippen LogP contribution in [0.1, 0.15) is 42.6 Å². The van der Waals surface area contributed by atoms with Crippen molar-refractivity contribution >= 4 is 13.9 Å². The zero-order valence-corrected chi connectivity index (χ0v) is 16.4. The third kappa shape index (κ3) is 2.88. The first kappa shape index (κ1) is 17.2. The summed E-state index contributed by atoms with van der Waals surface area (Å²) in [6, 6.07) is 20.5. The van der Waals surface area contributed by atoms with E-state index in [9.17, 15) is 4.79 Å². The largest absolute Gasteiger partial charge is 0.294 e. The van der Waals surface area contributed by atoms with E-state index >= 15 is 0 Å². The second kappa shape index (κ2) is 6.00. The normalized spacial score (nSPS) is 23.8. The van der Waals surface area contributed by atoms with Gasteiger partial charge in [0, 0.05) is 11.5 Å². The van der Waals surface area contributed by atoms with Crippen LogP contribution in [0.3, 0.4) is 0 Å². The highest BCUT2D eigenvalue weighted by Gasteiger charge is 2.64. The summed E-state index contributed by atoms with van der Waals surface area (Å²) in [5.41, 5.74) is 2.72. The lowest BCUT2D eigenvalue weighted by Gasteiger charge is -2.38. The van der Waals surface area contributed by atoms with Crippen LogP contribution in [-0.4, -0.2) is 13.9 Å². The highest BCUT2D eigenvalue weighted by atomic mass is 28.3. The average molecular weight is 337 g/mol. The molecule has 1 fully saturated rings. The summed E-state index contributed by atoms with van der Waals surface area (Å²) >= 11 is 0. The summed E-state index contributed by atoms with van der Waals surface area (Å²) in [6.07, 6.45) is 0. The van der Waals surface area contributed by atoms with Crippen LogP contribution in [0.2, 0.25) is 23.7 Å². The molecule has 0 amide bonds. The minimum absolute atomic E-state index is 0.149. The Hall–Kier alpha value is -1.67. The van der Waals surface area contributed by atoms with Gasteiger partial charge in [0.15, 0.2) is 5.78 Å². The van der Waals surface area contributed by atoms with Crippen molar-refractivity contribution in [1.82, 2.24) is 0 Å². The van der Waals surface area contributed by atoms with Crippen LogP contribution in [0.25, 0.3) is 0 Å². The van der Waals surface area contributed by atoms with Crippen LogP contribution < -0.4 is 0 Å². The highest BCUT2D eigenvalue weighted by Crippen LogP contribution is 2.68. The van der Waals surface area contributed by atoms with Crippen LogP contribution in [0.5, 0.6) is 0 Å². The topological polar surface area (TPSA) is 17.1 Å².